The van der Waals surface area contributed by atoms with Gasteiger partial charge >= 0.3 is 0 Å². The second-order valence-corrected chi connectivity index (χ2v) is 8.70. The van der Waals surface area contributed by atoms with Gasteiger partial charge < -0.3 is 5.73 Å². The molecule has 0 saturated carbocycles. The molecule has 1 saturated heterocycles. The zero-order valence-corrected chi connectivity index (χ0v) is 13.6. The minimum Gasteiger partial charge on any atom is -0.369 e. The minimum absolute atomic E-state index is 0.102. The summed E-state index contributed by atoms with van der Waals surface area (Å²) in [5.74, 6) is -0.809. The third kappa shape index (κ3) is 2.75. The number of carbonyl (C=O) groups is 1. The molecule has 0 spiro atoms. The van der Waals surface area contributed by atoms with Gasteiger partial charge in [0.25, 0.3) is 0 Å². The van der Waals surface area contributed by atoms with Gasteiger partial charge in [0.1, 0.15) is 0 Å². The van der Waals surface area contributed by atoms with E-state index < -0.39 is 15.9 Å². The molecule has 2 atom stereocenters. The lowest BCUT2D eigenvalue weighted by molar-refractivity contribution is -0.123. The van der Waals surface area contributed by atoms with Crippen LogP contribution < -0.4 is 5.73 Å². The van der Waals surface area contributed by atoms with Crippen LogP contribution in [0.1, 0.15) is 29.5 Å². The molecule has 1 amide bonds. The number of hydrogen-bond acceptors (Lipinski definition) is 4. The van der Waals surface area contributed by atoms with Crippen molar-refractivity contribution in [3.8, 4) is 0 Å². The highest BCUT2D eigenvalue weighted by atomic mass is 32.2. The molecule has 2 heterocycles. The number of hydrogen-bond donors (Lipinski definition) is 1. The molecule has 0 aromatic carbocycles. The summed E-state index contributed by atoms with van der Waals surface area (Å²) in [5, 5.41) is 0. The van der Waals surface area contributed by atoms with Gasteiger partial charge in [0.05, 0.1) is 10.8 Å². The normalized spacial score (nSPS) is 24.8. The van der Waals surface area contributed by atoms with Crippen LogP contribution in [0, 0.1) is 19.8 Å². The average Bonchev–Trinajstić information content (AvgIpc) is 2.69. The van der Waals surface area contributed by atoms with Crippen molar-refractivity contribution in [2.24, 2.45) is 11.7 Å². The van der Waals surface area contributed by atoms with Gasteiger partial charge in [-0.2, -0.15) is 4.31 Å². The lowest BCUT2D eigenvalue weighted by Gasteiger charge is -2.35. The molecular formula is C13H20N2O3S2. The maximum absolute atomic E-state index is 12.8. The highest BCUT2D eigenvalue weighted by Crippen LogP contribution is 2.32. The Kier molecular flexibility index (Phi) is 4.22. The molecule has 1 aliphatic rings. The summed E-state index contributed by atoms with van der Waals surface area (Å²) in [6.07, 6.45) is 1.32. The summed E-state index contributed by atoms with van der Waals surface area (Å²) in [7, 11) is -3.55. The molecule has 112 valence electrons. The molecule has 0 bridgehead atoms. The molecule has 1 aliphatic heterocycles. The number of nitrogens with zero attached hydrogens (tertiary/aromatic N) is 1. The molecule has 1 fully saturated rings. The van der Waals surface area contributed by atoms with Crippen LogP contribution in [0.4, 0.5) is 0 Å². The summed E-state index contributed by atoms with van der Waals surface area (Å²) >= 11 is 1.47. The van der Waals surface area contributed by atoms with Crippen LogP contribution in [0.25, 0.3) is 0 Å². The number of carbonyl (C=O) groups excluding carboxylic acids is 1. The summed E-state index contributed by atoms with van der Waals surface area (Å²) < 4.78 is 27.0. The standard InChI is InChI=1S/C13H20N2O3S2/c1-8-4-5-11(13(14)16)7-15(8)20(17,18)12-6-9(2)19-10(12)3/h6,8,11H,4-5,7H2,1-3H3,(H2,14,16)/t8-,11-/m0/s1. The SMILES string of the molecule is Cc1cc(S(=O)(=O)N2C[C@@H](C(N)=O)CC[C@@H]2C)c(C)s1. The van der Waals surface area contributed by atoms with Gasteiger partial charge in [-0.3, -0.25) is 4.79 Å². The van der Waals surface area contributed by atoms with E-state index in [2.05, 4.69) is 0 Å². The van der Waals surface area contributed by atoms with Crippen molar-refractivity contribution in [3.63, 3.8) is 0 Å². The van der Waals surface area contributed by atoms with Crippen molar-refractivity contribution in [3.05, 3.63) is 15.8 Å². The highest BCUT2D eigenvalue weighted by molar-refractivity contribution is 7.89. The average molecular weight is 316 g/mol. The Labute approximate surface area is 123 Å². The Bertz CT molecular complexity index is 622. The number of rotatable bonds is 3. The van der Waals surface area contributed by atoms with E-state index in [-0.39, 0.29) is 18.5 Å². The van der Waals surface area contributed by atoms with E-state index in [0.29, 0.717) is 17.7 Å². The van der Waals surface area contributed by atoms with Gasteiger partial charge in [-0.15, -0.1) is 11.3 Å². The summed E-state index contributed by atoms with van der Waals surface area (Å²) in [6, 6.07) is 1.60. The number of sulfonamides is 1. The van der Waals surface area contributed by atoms with Gasteiger partial charge in [0, 0.05) is 22.3 Å². The molecular weight excluding hydrogens is 296 g/mol. The molecule has 20 heavy (non-hydrogen) atoms. The maximum atomic E-state index is 12.8. The predicted molar refractivity (Wildman–Crippen MR) is 79.1 cm³/mol. The minimum atomic E-state index is -3.55. The Hall–Kier alpha value is -0.920. The van der Waals surface area contributed by atoms with E-state index >= 15 is 0 Å². The third-order valence-electron chi connectivity index (χ3n) is 3.81. The number of primary amides is 1. The number of thiophene rings is 1. The van der Waals surface area contributed by atoms with Gasteiger partial charge in [0.2, 0.25) is 15.9 Å². The molecule has 1 aromatic heterocycles. The van der Waals surface area contributed by atoms with Crippen LogP contribution in [-0.2, 0) is 14.8 Å². The van der Waals surface area contributed by atoms with Crippen LogP contribution in [0.15, 0.2) is 11.0 Å². The number of nitrogens with two attached hydrogens (primary N) is 1. The second kappa shape index (κ2) is 5.46. The zero-order chi connectivity index (χ0) is 15.1. The molecule has 0 unspecified atom stereocenters. The number of aryl methyl sites for hydroxylation is 2. The van der Waals surface area contributed by atoms with E-state index in [4.69, 9.17) is 5.73 Å². The first-order chi connectivity index (χ1) is 9.23. The first-order valence-corrected chi connectivity index (χ1v) is 8.87. The van der Waals surface area contributed by atoms with E-state index in [0.717, 1.165) is 9.75 Å². The van der Waals surface area contributed by atoms with Gasteiger partial charge in [-0.1, -0.05) is 0 Å². The fourth-order valence-electron chi connectivity index (χ4n) is 2.63. The fourth-order valence-corrected chi connectivity index (χ4v) is 5.86. The Morgan fingerprint density at radius 1 is 1.40 bits per heavy atom. The summed E-state index contributed by atoms with van der Waals surface area (Å²) in [6.45, 7) is 5.77. The highest BCUT2D eigenvalue weighted by Gasteiger charge is 2.37. The first-order valence-electron chi connectivity index (χ1n) is 6.61. The predicted octanol–water partition coefficient (Wildman–Crippen LogP) is 1.64. The topological polar surface area (TPSA) is 80.5 Å². The molecule has 0 aliphatic carbocycles. The van der Waals surface area contributed by atoms with E-state index in [1.807, 2.05) is 20.8 Å². The molecule has 0 radical (unpaired) electrons. The van der Waals surface area contributed by atoms with Crippen molar-refractivity contribution in [2.45, 2.75) is 44.6 Å². The molecule has 7 heteroatoms. The van der Waals surface area contributed by atoms with Crippen LogP contribution >= 0.6 is 11.3 Å². The van der Waals surface area contributed by atoms with Crippen molar-refractivity contribution in [1.82, 2.24) is 4.31 Å². The van der Waals surface area contributed by atoms with E-state index in [1.54, 1.807) is 6.07 Å². The zero-order valence-electron chi connectivity index (χ0n) is 11.9. The van der Waals surface area contributed by atoms with Crippen molar-refractivity contribution in [1.29, 1.82) is 0 Å². The second-order valence-electron chi connectivity index (χ2n) is 5.38. The quantitative estimate of drug-likeness (QED) is 0.920. The molecule has 2 rings (SSSR count). The number of piperidine rings is 1. The van der Waals surface area contributed by atoms with Crippen LogP contribution in [0.3, 0.4) is 0 Å². The fraction of sp³-hybridized carbons (Fsp3) is 0.615. The Balaban J connectivity index is 2.37. The van der Waals surface area contributed by atoms with Crippen LogP contribution in [-0.4, -0.2) is 31.2 Å². The lowest BCUT2D eigenvalue weighted by Crippen LogP contribution is -2.48. The lowest BCUT2D eigenvalue weighted by atomic mass is 9.95. The number of amides is 1. The summed E-state index contributed by atoms with van der Waals surface area (Å²) in [5.41, 5.74) is 5.33. The summed E-state index contributed by atoms with van der Waals surface area (Å²) in [4.78, 5) is 13.5. The Morgan fingerprint density at radius 2 is 2.05 bits per heavy atom. The van der Waals surface area contributed by atoms with Crippen LogP contribution in [0.5, 0.6) is 0 Å². The van der Waals surface area contributed by atoms with Gasteiger partial charge in [0.15, 0.2) is 0 Å². The Morgan fingerprint density at radius 3 is 2.55 bits per heavy atom. The third-order valence-corrected chi connectivity index (χ3v) is 7.01. The van der Waals surface area contributed by atoms with E-state index in [9.17, 15) is 13.2 Å². The smallest absolute Gasteiger partial charge is 0.244 e. The molecule has 5 nitrogen and oxygen atoms in total. The van der Waals surface area contributed by atoms with Crippen LogP contribution in [0.2, 0.25) is 0 Å². The maximum Gasteiger partial charge on any atom is 0.244 e. The largest absolute Gasteiger partial charge is 0.369 e. The monoisotopic (exact) mass is 316 g/mol. The van der Waals surface area contributed by atoms with Crippen molar-refractivity contribution >= 4 is 27.3 Å². The first kappa shape index (κ1) is 15.5. The van der Waals surface area contributed by atoms with Crippen molar-refractivity contribution < 1.29 is 13.2 Å². The molecule has 2 N–H and O–H groups in total. The molecule has 1 aromatic rings. The van der Waals surface area contributed by atoms with Gasteiger partial charge in [-0.25, -0.2) is 8.42 Å². The van der Waals surface area contributed by atoms with E-state index in [1.165, 1.54) is 15.6 Å². The van der Waals surface area contributed by atoms with Gasteiger partial charge in [-0.05, 0) is 39.7 Å². The van der Waals surface area contributed by atoms with Crippen molar-refractivity contribution in [2.75, 3.05) is 6.54 Å².